The van der Waals surface area contributed by atoms with Gasteiger partial charge in [-0.1, -0.05) is 17.7 Å². The monoisotopic (exact) mass is 327 g/mol. The van der Waals surface area contributed by atoms with Gasteiger partial charge in [0.25, 0.3) is 0 Å². The molecule has 3 N–H and O–H groups in total. The lowest BCUT2D eigenvalue weighted by Gasteiger charge is -2.15. The van der Waals surface area contributed by atoms with E-state index in [1.165, 1.54) is 6.20 Å². The van der Waals surface area contributed by atoms with Gasteiger partial charge in [-0.25, -0.2) is 4.98 Å². The highest BCUT2D eigenvalue weighted by atomic mass is 35.5. The van der Waals surface area contributed by atoms with Crippen LogP contribution in [0.5, 0.6) is 0 Å². The first-order valence-corrected chi connectivity index (χ1v) is 7.15. The molecule has 0 unspecified atom stereocenters. The molecule has 1 aromatic rings. The number of halogens is 1. The maximum Gasteiger partial charge on any atom is 0.306 e. The lowest BCUT2D eigenvalue weighted by Crippen LogP contribution is -2.45. The van der Waals surface area contributed by atoms with Gasteiger partial charge in [0.1, 0.15) is 11.2 Å². The summed E-state index contributed by atoms with van der Waals surface area (Å²) in [5.74, 6) is -1.58. The Kier molecular flexibility index (Phi) is 7.31. The van der Waals surface area contributed by atoms with Crippen LogP contribution in [0, 0.1) is 0 Å². The van der Waals surface area contributed by atoms with Crippen molar-refractivity contribution in [3.05, 3.63) is 29.0 Å². The van der Waals surface area contributed by atoms with Crippen LogP contribution in [0.15, 0.2) is 18.3 Å². The number of aromatic nitrogens is 1. The number of carbonyl (C=O) groups excluding carboxylic acids is 3. The molecular formula is C14H18ClN3O4. The topological polar surface area (TPSA) is 111 Å². The summed E-state index contributed by atoms with van der Waals surface area (Å²) in [6.45, 7) is 1.94. The molecule has 0 bridgehead atoms. The summed E-state index contributed by atoms with van der Waals surface area (Å²) in [5.41, 5.74) is 5.98. The first-order chi connectivity index (χ1) is 10.4. The van der Waals surface area contributed by atoms with Crippen LogP contribution in [0.25, 0.3) is 0 Å². The first-order valence-electron chi connectivity index (χ1n) is 6.77. The van der Waals surface area contributed by atoms with Gasteiger partial charge < -0.3 is 15.8 Å². The Morgan fingerprint density at radius 2 is 2.09 bits per heavy atom. The van der Waals surface area contributed by atoms with Crippen molar-refractivity contribution in [1.29, 1.82) is 0 Å². The van der Waals surface area contributed by atoms with E-state index in [0.29, 0.717) is 10.7 Å². The van der Waals surface area contributed by atoms with Crippen molar-refractivity contribution < 1.29 is 19.1 Å². The molecule has 22 heavy (non-hydrogen) atoms. The van der Waals surface area contributed by atoms with Crippen molar-refractivity contribution in [2.75, 3.05) is 6.61 Å². The normalized spacial score (nSPS) is 11.5. The van der Waals surface area contributed by atoms with Gasteiger partial charge in [0.2, 0.25) is 11.8 Å². The summed E-state index contributed by atoms with van der Waals surface area (Å²) < 4.78 is 4.72. The number of esters is 1. The van der Waals surface area contributed by atoms with Crippen LogP contribution < -0.4 is 11.1 Å². The van der Waals surface area contributed by atoms with Gasteiger partial charge >= 0.3 is 5.97 Å². The molecular weight excluding hydrogens is 310 g/mol. The van der Waals surface area contributed by atoms with Gasteiger partial charge in [-0.15, -0.1) is 0 Å². The Balaban J connectivity index is 2.53. The van der Waals surface area contributed by atoms with E-state index in [4.69, 9.17) is 22.1 Å². The van der Waals surface area contributed by atoms with Gasteiger partial charge in [0.05, 0.1) is 13.0 Å². The second-order valence-electron chi connectivity index (χ2n) is 4.52. The molecule has 0 fully saturated rings. The predicted molar refractivity (Wildman–Crippen MR) is 79.9 cm³/mol. The van der Waals surface area contributed by atoms with Gasteiger partial charge in [0, 0.05) is 19.0 Å². The third kappa shape index (κ3) is 6.53. The molecule has 120 valence electrons. The molecule has 0 aliphatic rings. The third-order valence-electron chi connectivity index (χ3n) is 2.77. The molecule has 1 aromatic heterocycles. The fourth-order valence-electron chi connectivity index (χ4n) is 1.70. The summed E-state index contributed by atoms with van der Waals surface area (Å²) in [5, 5.41) is 2.83. The highest BCUT2D eigenvalue weighted by molar-refractivity contribution is 6.29. The smallest absolute Gasteiger partial charge is 0.306 e. The second kappa shape index (κ2) is 8.99. The van der Waals surface area contributed by atoms with Crippen molar-refractivity contribution >= 4 is 29.4 Å². The zero-order valence-electron chi connectivity index (χ0n) is 12.2. The first kappa shape index (κ1) is 17.9. The fourth-order valence-corrected chi connectivity index (χ4v) is 1.81. The molecule has 1 rings (SSSR count). The maximum absolute atomic E-state index is 11.7. The Hall–Kier alpha value is -2.15. The van der Waals surface area contributed by atoms with E-state index in [1.54, 1.807) is 19.1 Å². The summed E-state index contributed by atoms with van der Waals surface area (Å²) in [6, 6.07) is 2.39. The van der Waals surface area contributed by atoms with Crippen LogP contribution in [-0.2, 0) is 25.5 Å². The molecule has 0 aromatic carbocycles. The molecule has 8 heteroatoms. The number of nitrogens with one attached hydrogen (secondary N) is 1. The predicted octanol–water partition coefficient (Wildman–Crippen LogP) is 0.591. The van der Waals surface area contributed by atoms with Gasteiger partial charge in [-0.2, -0.15) is 0 Å². The fraction of sp³-hybridized carbons (Fsp3) is 0.429. The maximum atomic E-state index is 11.7. The number of nitrogens with two attached hydrogens (primary N) is 1. The summed E-state index contributed by atoms with van der Waals surface area (Å²) in [6.07, 6.45) is 1.59. The van der Waals surface area contributed by atoms with E-state index >= 15 is 0 Å². The van der Waals surface area contributed by atoms with Crippen LogP contribution in [0.2, 0.25) is 5.15 Å². The van der Waals surface area contributed by atoms with Crippen molar-refractivity contribution in [2.24, 2.45) is 5.73 Å². The molecule has 1 atom stereocenters. The second-order valence-corrected chi connectivity index (χ2v) is 4.91. The standard InChI is InChI=1S/C14H18ClN3O4/c1-2-22-13(20)6-5-12(19)18-10(14(16)21)7-9-3-4-11(15)17-8-9/h3-4,8,10H,2,5-7H2,1H3,(H2,16,21)(H,18,19)/t10-/m0/s1. The molecule has 0 saturated carbocycles. The van der Waals surface area contributed by atoms with Crippen molar-refractivity contribution in [3.8, 4) is 0 Å². The number of amides is 2. The van der Waals surface area contributed by atoms with E-state index in [1.807, 2.05) is 0 Å². The Morgan fingerprint density at radius 1 is 1.36 bits per heavy atom. The number of carbonyl (C=O) groups is 3. The van der Waals surface area contributed by atoms with Crippen LogP contribution >= 0.6 is 11.6 Å². The third-order valence-corrected chi connectivity index (χ3v) is 2.99. The number of primary amides is 1. The number of ether oxygens (including phenoxy) is 1. The largest absolute Gasteiger partial charge is 0.466 e. The number of hydrogen-bond acceptors (Lipinski definition) is 5. The van der Waals surface area contributed by atoms with Crippen LogP contribution in [-0.4, -0.2) is 35.4 Å². The average molecular weight is 328 g/mol. The Morgan fingerprint density at radius 3 is 2.64 bits per heavy atom. The van der Waals surface area contributed by atoms with Gasteiger partial charge in [-0.05, 0) is 18.6 Å². The van der Waals surface area contributed by atoms with Crippen molar-refractivity contribution in [3.63, 3.8) is 0 Å². The molecule has 0 radical (unpaired) electrons. The zero-order valence-corrected chi connectivity index (χ0v) is 12.9. The number of rotatable bonds is 8. The minimum absolute atomic E-state index is 0.0480. The van der Waals surface area contributed by atoms with E-state index in [0.717, 1.165) is 0 Å². The molecule has 1 heterocycles. The summed E-state index contributed by atoms with van der Waals surface area (Å²) in [7, 11) is 0. The minimum Gasteiger partial charge on any atom is -0.466 e. The molecule has 7 nitrogen and oxygen atoms in total. The lowest BCUT2D eigenvalue weighted by atomic mass is 10.1. The SMILES string of the molecule is CCOC(=O)CCC(=O)N[C@@H](Cc1ccc(Cl)nc1)C(N)=O. The average Bonchev–Trinajstić information content (AvgIpc) is 2.47. The Labute approximate surface area is 133 Å². The summed E-state index contributed by atoms with van der Waals surface area (Å²) in [4.78, 5) is 38.2. The number of hydrogen-bond donors (Lipinski definition) is 2. The molecule has 0 spiro atoms. The highest BCUT2D eigenvalue weighted by Crippen LogP contribution is 2.08. The van der Waals surface area contributed by atoms with E-state index in [2.05, 4.69) is 10.3 Å². The van der Waals surface area contributed by atoms with E-state index < -0.39 is 23.8 Å². The van der Waals surface area contributed by atoms with Crippen molar-refractivity contribution in [1.82, 2.24) is 10.3 Å². The van der Waals surface area contributed by atoms with Crippen LogP contribution in [0.1, 0.15) is 25.3 Å². The Bertz CT molecular complexity index is 533. The molecule has 2 amide bonds. The molecule has 0 aliphatic carbocycles. The van der Waals surface area contributed by atoms with Crippen LogP contribution in [0.3, 0.4) is 0 Å². The van der Waals surface area contributed by atoms with Crippen LogP contribution in [0.4, 0.5) is 0 Å². The van der Waals surface area contributed by atoms with Gasteiger partial charge in [0.15, 0.2) is 0 Å². The summed E-state index contributed by atoms with van der Waals surface area (Å²) >= 11 is 5.68. The molecule has 0 aliphatic heterocycles. The zero-order chi connectivity index (χ0) is 16.5. The van der Waals surface area contributed by atoms with E-state index in [9.17, 15) is 14.4 Å². The number of pyridine rings is 1. The highest BCUT2D eigenvalue weighted by Gasteiger charge is 2.19. The van der Waals surface area contributed by atoms with Crippen molar-refractivity contribution in [2.45, 2.75) is 32.2 Å². The quantitative estimate of drug-likeness (QED) is 0.536. The van der Waals surface area contributed by atoms with E-state index in [-0.39, 0.29) is 25.9 Å². The minimum atomic E-state index is -0.877. The lowest BCUT2D eigenvalue weighted by molar-refractivity contribution is -0.144. The van der Waals surface area contributed by atoms with Gasteiger partial charge in [-0.3, -0.25) is 14.4 Å². The molecule has 0 saturated heterocycles. The number of nitrogens with zero attached hydrogens (tertiary/aromatic N) is 1.